The molecule has 7 rings (SSSR count). The van der Waals surface area contributed by atoms with Crippen LogP contribution in [0.5, 0.6) is 0 Å². The van der Waals surface area contributed by atoms with Gasteiger partial charge in [-0.2, -0.15) is 0 Å². The van der Waals surface area contributed by atoms with Crippen molar-refractivity contribution in [3.8, 4) is 5.00 Å². The zero-order chi connectivity index (χ0) is 38.8. The molecule has 15 heteroatoms. The van der Waals surface area contributed by atoms with E-state index < -0.39 is 17.9 Å². The van der Waals surface area contributed by atoms with Gasteiger partial charge in [-0.05, 0) is 63.8 Å². The molecule has 0 bridgehead atoms. The number of carbonyl (C=O) groups is 5. The second-order valence-electron chi connectivity index (χ2n) is 14.1. The number of aryl methyl sites for hydroxylation is 2. The third-order valence-corrected chi connectivity index (χ3v) is 11.9. The van der Waals surface area contributed by atoms with Gasteiger partial charge in [-0.25, -0.2) is 0 Å². The number of aliphatic imine (C=N–C) groups is 1. The van der Waals surface area contributed by atoms with Crippen molar-refractivity contribution in [2.45, 2.75) is 65.3 Å². The Labute approximate surface area is 327 Å². The number of amides is 3. The molecule has 0 spiro atoms. The smallest absolute Gasteiger partial charge is 0.229 e. The van der Waals surface area contributed by atoms with E-state index in [9.17, 15) is 24.0 Å². The van der Waals surface area contributed by atoms with Crippen molar-refractivity contribution in [1.29, 1.82) is 0 Å². The molecule has 3 aliphatic rings. The van der Waals surface area contributed by atoms with Crippen LogP contribution < -0.4 is 16.0 Å². The second-order valence-corrected chi connectivity index (χ2v) is 15.8. The number of imide groups is 1. The maximum atomic E-state index is 13.6. The van der Waals surface area contributed by atoms with E-state index in [0.717, 1.165) is 32.3 Å². The first-order chi connectivity index (χ1) is 26.5. The highest BCUT2D eigenvalue weighted by molar-refractivity contribution is 7.15. The van der Waals surface area contributed by atoms with E-state index in [0.29, 0.717) is 65.9 Å². The lowest BCUT2D eigenvalue weighted by molar-refractivity contribution is -0.136. The van der Waals surface area contributed by atoms with E-state index in [-0.39, 0.29) is 61.7 Å². The van der Waals surface area contributed by atoms with Gasteiger partial charge in [0.25, 0.3) is 0 Å². The largest absolute Gasteiger partial charge is 0.382 e. The Morgan fingerprint density at radius 3 is 2.51 bits per heavy atom. The summed E-state index contributed by atoms with van der Waals surface area (Å²) in [5.41, 5.74) is 5.04. The molecule has 2 unspecified atom stereocenters. The minimum absolute atomic E-state index is 0.0595. The lowest BCUT2D eigenvalue weighted by Gasteiger charge is -2.24. The van der Waals surface area contributed by atoms with Crippen LogP contribution in [0, 0.1) is 32.6 Å². The summed E-state index contributed by atoms with van der Waals surface area (Å²) in [7, 11) is 0. The average Bonchev–Trinajstić information content (AvgIpc) is 3.60. The van der Waals surface area contributed by atoms with Gasteiger partial charge in [-0.15, -0.1) is 21.5 Å². The number of hydrogen-bond donors (Lipinski definition) is 3. The van der Waals surface area contributed by atoms with Crippen LogP contribution in [0.1, 0.15) is 98.5 Å². The van der Waals surface area contributed by atoms with Gasteiger partial charge in [-0.1, -0.05) is 35.9 Å². The van der Waals surface area contributed by atoms with E-state index in [4.69, 9.17) is 21.3 Å². The number of nitrogens with zero attached hydrogens (tertiary/aromatic N) is 4. The number of benzene rings is 2. The Balaban J connectivity index is 0.936. The molecule has 1 saturated heterocycles. The Morgan fingerprint density at radius 1 is 0.964 bits per heavy atom. The molecule has 0 radical (unpaired) electrons. The van der Waals surface area contributed by atoms with E-state index in [1.54, 1.807) is 29.5 Å². The van der Waals surface area contributed by atoms with Crippen LogP contribution in [0.2, 0.25) is 5.02 Å². The molecule has 0 saturated carbocycles. The number of nitrogens with one attached hydrogen (secondary N) is 3. The topological polar surface area (TPSA) is 174 Å². The molecular formula is C40H42ClN7O6S. The molecule has 13 nitrogen and oxygen atoms in total. The average molecular weight is 784 g/mol. The monoisotopic (exact) mass is 783 g/mol. The first kappa shape index (κ1) is 38.2. The maximum Gasteiger partial charge on any atom is 0.229 e. The van der Waals surface area contributed by atoms with Crippen molar-refractivity contribution >= 4 is 63.6 Å². The molecule has 2 aromatic carbocycles. The molecule has 2 aromatic heterocycles. The quantitative estimate of drug-likeness (QED) is 0.0932. The van der Waals surface area contributed by atoms with Crippen LogP contribution >= 0.6 is 22.9 Å². The van der Waals surface area contributed by atoms with E-state index in [1.165, 1.54) is 0 Å². The van der Waals surface area contributed by atoms with Crippen LogP contribution in [0.3, 0.4) is 0 Å². The Hall–Kier alpha value is -5.05. The number of carbonyl (C=O) groups excluding carboxylic acids is 5. The summed E-state index contributed by atoms with van der Waals surface area (Å²) in [6.07, 6.45) is 1.56. The van der Waals surface area contributed by atoms with Crippen LogP contribution in [-0.2, 0) is 19.1 Å². The number of Topliss-reactive ketones (excluding diaryl/α,β-unsaturated/α-hetero) is 2. The van der Waals surface area contributed by atoms with Crippen molar-refractivity contribution in [3.05, 3.63) is 91.8 Å². The number of rotatable bonds is 12. The van der Waals surface area contributed by atoms with Gasteiger partial charge < -0.3 is 15.4 Å². The van der Waals surface area contributed by atoms with Crippen molar-refractivity contribution < 1.29 is 28.7 Å². The molecule has 3 atom stereocenters. The van der Waals surface area contributed by atoms with E-state index >= 15 is 0 Å². The normalized spacial score (nSPS) is 19.4. The highest BCUT2D eigenvalue weighted by Gasteiger charge is 2.36. The molecular weight excluding hydrogens is 742 g/mol. The lowest BCUT2D eigenvalue weighted by atomic mass is 9.83. The fraction of sp³-hybridized carbons (Fsp3) is 0.400. The lowest BCUT2D eigenvalue weighted by Crippen LogP contribution is -2.41. The molecule has 3 amide bonds. The summed E-state index contributed by atoms with van der Waals surface area (Å²) >= 11 is 7.87. The van der Waals surface area contributed by atoms with E-state index in [1.807, 2.05) is 35.8 Å². The zero-order valence-corrected chi connectivity index (χ0v) is 32.4. The van der Waals surface area contributed by atoms with Crippen molar-refractivity contribution in [1.82, 2.24) is 25.4 Å². The van der Waals surface area contributed by atoms with Crippen LogP contribution in [0.4, 0.5) is 5.69 Å². The molecule has 1 fully saturated rings. The van der Waals surface area contributed by atoms with Gasteiger partial charge in [0.2, 0.25) is 17.7 Å². The van der Waals surface area contributed by atoms with Gasteiger partial charge in [0.1, 0.15) is 16.9 Å². The fourth-order valence-corrected chi connectivity index (χ4v) is 8.86. The molecule has 1 aliphatic carbocycles. The molecule has 4 aromatic rings. The first-order valence-electron chi connectivity index (χ1n) is 18.5. The summed E-state index contributed by atoms with van der Waals surface area (Å²) < 4.78 is 7.81. The standard InChI is InChI=1S/C40H42ClN7O6S/c1-21-22(2)55-40-34(21)36(24-7-11-27(41)12-8-24)44-30(38-47-46-23(3)48(38)40)20-33(51)43-16-18-54-17-15-42-29-6-4-5-28-35(29)31(49)13-9-25(37(28)52)19-26-10-14-32(50)45-39(26)53/h4-8,11-12,25-26,30,42H,9-10,13-20H2,1-3H3,(H,43,51)(H,45,50,53)/t25?,26?,30-/m0/s1. The number of hydrogen-bond acceptors (Lipinski definition) is 11. The minimum atomic E-state index is -0.584. The summed E-state index contributed by atoms with van der Waals surface area (Å²) in [6.45, 7) is 7.26. The number of fused-ring (bicyclic) bond motifs is 4. The third-order valence-electron chi connectivity index (χ3n) is 10.5. The Morgan fingerprint density at radius 2 is 1.73 bits per heavy atom. The van der Waals surface area contributed by atoms with Crippen LogP contribution in [0.15, 0.2) is 47.5 Å². The predicted octanol–water partition coefficient (Wildman–Crippen LogP) is 5.65. The van der Waals surface area contributed by atoms with Crippen molar-refractivity contribution in [3.63, 3.8) is 0 Å². The summed E-state index contributed by atoms with van der Waals surface area (Å²) in [5, 5.41) is 19.0. The minimum Gasteiger partial charge on any atom is -0.382 e. The van der Waals surface area contributed by atoms with Crippen LogP contribution in [-0.4, -0.2) is 76.1 Å². The number of aromatic nitrogens is 3. The molecule has 3 N–H and O–H groups in total. The van der Waals surface area contributed by atoms with Crippen molar-refractivity contribution in [2.75, 3.05) is 31.6 Å². The summed E-state index contributed by atoms with van der Waals surface area (Å²) in [4.78, 5) is 70.4. The number of ketones is 2. The predicted molar refractivity (Wildman–Crippen MR) is 209 cm³/mol. The number of piperidine rings is 1. The Bertz CT molecular complexity index is 2210. The van der Waals surface area contributed by atoms with Gasteiger partial charge in [0, 0.05) is 70.0 Å². The number of halogens is 1. The maximum absolute atomic E-state index is 13.6. The highest BCUT2D eigenvalue weighted by atomic mass is 35.5. The second kappa shape index (κ2) is 16.4. The van der Waals surface area contributed by atoms with Crippen molar-refractivity contribution in [2.24, 2.45) is 16.8 Å². The van der Waals surface area contributed by atoms with Gasteiger partial charge in [0.15, 0.2) is 17.4 Å². The van der Waals surface area contributed by atoms with E-state index in [2.05, 4.69) is 40.0 Å². The van der Waals surface area contributed by atoms with Gasteiger partial charge >= 0.3 is 0 Å². The number of thiophene rings is 1. The number of anilines is 1. The molecule has 286 valence electrons. The zero-order valence-electron chi connectivity index (χ0n) is 30.9. The Kier molecular flexibility index (Phi) is 11.4. The molecule has 55 heavy (non-hydrogen) atoms. The highest BCUT2D eigenvalue weighted by Crippen LogP contribution is 2.40. The van der Waals surface area contributed by atoms with Gasteiger partial charge in [-0.3, -0.25) is 38.8 Å². The van der Waals surface area contributed by atoms with Gasteiger partial charge in [0.05, 0.1) is 30.9 Å². The SMILES string of the molecule is Cc1sc2c(c1C)C(c1ccc(Cl)cc1)=N[C@@H](CC(=O)NCCOCCNc1cccc3c1C(=O)CCC(CC1CCC(=O)NC1=O)C3=O)c1nnc(C)n1-2. The molecule has 4 heterocycles. The molecule has 2 aliphatic heterocycles. The van der Waals surface area contributed by atoms with Crippen LogP contribution in [0.25, 0.3) is 5.00 Å². The number of ether oxygens (including phenoxy) is 1. The first-order valence-corrected chi connectivity index (χ1v) is 19.7. The summed E-state index contributed by atoms with van der Waals surface area (Å²) in [5.74, 6) is -0.737. The summed E-state index contributed by atoms with van der Waals surface area (Å²) in [6, 6.07) is 12.1. The third kappa shape index (κ3) is 8.03. The fourth-order valence-electron chi connectivity index (χ4n) is 7.52.